The van der Waals surface area contributed by atoms with Crippen molar-refractivity contribution in [3.63, 3.8) is 0 Å². The second-order valence-corrected chi connectivity index (χ2v) is 8.33. The summed E-state index contributed by atoms with van der Waals surface area (Å²) >= 11 is 0. The van der Waals surface area contributed by atoms with Gasteiger partial charge in [0.15, 0.2) is 5.54 Å². The van der Waals surface area contributed by atoms with Crippen molar-refractivity contribution in [2.24, 2.45) is 10.7 Å². The predicted octanol–water partition coefficient (Wildman–Crippen LogP) is 5.52. The lowest BCUT2D eigenvalue weighted by atomic mass is 9.79. The van der Waals surface area contributed by atoms with Gasteiger partial charge in [-0.2, -0.15) is 13.2 Å². The molecule has 0 fully saturated rings. The first-order chi connectivity index (χ1) is 16.8. The first kappa shape index (κ1) is 21.2. The van der Waals surface area contributed by atoms with Crippen LogP contribution in [0.1, 0.15) is 16.7 Å². The van der Waals surface area contributed by atoms with Crippen LogP contribution in [0.4, 0.5) is 13.2 Å². The van der Waals surface area contributed by atoms with Gasteiger partial charge in [0, 0.05) is 29.1 Å². The second-order valence-electron chi connectivity index (χ2n) is 8.33. The molecular formula is C26H17F3N4O2. The Morgan fingerprint density at radius 3 is 2.03 bits per heavy atom. The lowest BCUT2D eigenvalue weighted by molar-refractivity contribution is -0.137. The van der Waals surface area contributed by atoms with Gasteiger partial charge in [-0.3, -0.25) is 0 Å². The molecule has 2 N–H and O–H groups in total. The molecule has 3 heterocycles. The average Bonchev–Trinajstić information content (AvgIpc) is 3.26. The number of aromatic nitrogens is 2. The highest BCUT2D eigenvalue weighted by molar-refractivity contribution is 5.79. The van der Waals surface area contributed by atoms with E-state index in [-0.39, 0.29) is 12.6 Å². The van der Waals surface area contributed by atoms with Crippen LogP contribution in [-0.2, 0) is 16.5 Å². The molecule has 2 aliphatic heterocycles. The summed E-state index contributed by atoms with van der Waals surface area (Å²) in [5, 5.41) is 0. The SMILES string of the molecule is NC1=N[C@@]2(CO1)c1cc(-c3cncnc3)ccc1Oc1ccc(-c3cccc(C(F)(F)F)c3)cc12. The molecular weight excluding hydrogens is 457 g/mol. The van der Waals surface area contributed by atoms with E-state index in [1.54, 1.807) is 36.7 Å². The normalized spacial score (nSPS) is 18.3. The molecule has 3 aromatic carbocycles. The summed E-state index contributed by atoms with van der Waals surface area (Å²) in [6.45, 7) is 0.128. The number of rotatable bonds is 2. The summed E-state index contributed by atoms with van der Waals surface area (Å²) in [6.07, 6.45) is 0.415. The maximum atomic E-state index is 13.3. The summed E-state index contributed by atoms with van der Waals surface area (Å²) in [5.74, 6) is 1.12. The molecule has 1 atom stereocenters. The van der Waals surface area contributed by atoms with Gasteiger partial charge in [0.25, 0.3) is 6.02 Å². The average molecular weight is 474 g/mol. The zero-order valence-electron chi connectivity index (χ0n) is 18.1. The first-order valence-corrected chi connectivity index (χ1v) is 10.7. The largest absolute Gasteiger partial charge is 0.462 e. The number of hydrogen-bond donors (Lipinski definition) is 1. The molecule has 0 amide bonds. The molecule has 35 heavy (non-hydrogen) atoms. The molecule has 0 saturated heterocycles. The van der Waals surface area contributed by atoms with Crippen LogP contribution in [0.5, 0.6) is 11.5 Å². The summed E-state index contributed by atoms with van der Waals surface area (Å²) in [4.78, 5) is 12.8. The van der Waals surface area contributed by atoms with Gasteiger partial charge in [0.2, 0.25) is 0 Å². The molecule has 1 spiro atoms. The molecule has 0 bridgehead atoms. The Kier molecular flexibility index (Phi) is 4.57. The summed E-state index contributed by atoms with van der Waals surface area (Å²) in [7, 11) is 0. The number of ether oxygens (including phenoxy) is 2. The van der Waals surface area contributed by atoms with E-state index < -0.39 is 17.3 Å². The van der Waals surface area contributed by atoms with Gasteiger partial charge >= 0.3 is 6.18 Å². The Hall–Kier alpha value is -4.40. The van der Waals surface area contributed by atoms with Crippen LogP contribution in [0.3, 0.4) is 0 Å². The fourth-order valence-electron chi connectivity index (χ4n) is 4.54. The van der Waals surface area contributed by atoms with E-state index in [4.69, 9.17) is 15.2 Å². The third kappa shape index (κ3) is 3.47. The molecule has 6 rings (SSSR count). The van der Waals surface area contributed by atoms with Crippen molar-refractivity contribution in [1.82, 2.24) is 9.97 Å². The number of hydrogen-bond acceptors (Lipinski definition) is 6. The Balaban J connectivity index is 1.52. The highest BCUT2D eigenvalue weighted by Crippen LogP contribution is 2.52. The smallest absolute Gasteiger partial charge is 0.416 e. The Labute approximate surface area is 197 Å². The Morgan fingerprint density at radius 1 is 0.800 bits per heavy atom. The van der Waals surface area contributed by atoms with Crippen LogP contribution in [0.2, 0.25) is 0 Å². The second kappa shape index (κ2) is 7.56. The Morgan fingerprint density at radius 2 is 1.43 bits per heavy atom. The fourth-order valence-corrected chi connectivity index (χ4v) is 4.54. The van der Waals surface area contributed by atoms with Gasteiger partial charge in [0.1, 0.15) is 24.4 Å². The van der Waals surface area contributed by atoms with Crippen molar-refractivity contribution >= 4 is 6.02 Å². The topological polar surface area (TPSA) is 82.6 Å². The zero-order chi connectivity index (χ0) is 24.2. The van der Waals surface area contributed by atoms with Crippen molar-refractivity contribution in [1.29, 1.82) is 0 Å². The molecule has 4 aromatic rings. The summed E-state index contributed by atoms with van der Waals surface area (Å²) in [6, 6.07) is 16.2. The van der Waals surface area contributed by atoms with Gasteiger partial charge in [-0.1, -0.05) is 24.3 Å². The number of nitrogens with two attached hydrogens (primary N) is 1. The monoisotopic (exact) mass is 474 g/mol. The molecule has 174 valence electrons. The number of alkyl halides is 3. The number of fused-ring (bicyclic) bond motifs is 4. The summed E-state index contributed by atoms with van der Waals surface area (Å²) in [5.41, 5.74) is 8.29. The molecule has 1 aromatic heterocycles. The van der Waals surface area contributed by atoms with Crippen molar-refractivity contribution in [2.75, 3.05) is 6.61 Å². The van der Waals surface area contributed by atoms with E-state index in [9.17, 15) is 13.2 Å². The van der Waals surface area contributed by atoms with Gasteiger partial charge in [-0.15, -0.1) is 0 Å². The maximum absolute atomic E-state index is 13.3. The maximum Gasteiger partial charge on any atom is 0.416 e. The van der Waals surface area contributed by atoms with Crippen LogP contribution in [0.15, 0.2) is 84.4 Å². The molecule has 6 nitrogen and oxygen atoms in total. The van der Waals surface area contributed by atoms with Crippen LogP contribution >= 0.6 is 0 Å². The lowest BCUT2D eigenvalue weighted by Gasteiger charge is -2.34. The van der Waals surface area contributed by atoms with Gasteiger partial charge in [-0.05, 0) is 53.1 Å². The van der Waals surface area contributed by atoms with E-state index in [1.165, 1.54) is 12.4 Å². The number of benzene rings is 3. The number of amidine groups is 1. The minimum absolute atomic E-state index is 0.0294. The van der Waals surface area contributed by atoms with Gasteiger partial charge in [0.05, 0.1) is 5.56 Å². The van der Waals surface area contributed by atoms with Crippen LogP contribution in [0.25, 0.3) is 22.3 Å². The molecule has 0 radical (unpaired) electrons. The number of aliphatic imine (C=N–C) groups is 1. The fraction of sp³-hybridized carbons (Fsp3) is 0.115. The standard InChI is InChI=1S/C26H17F3N4O2/c27-26(28,29)19-3-1-2-15(8-19)16-4-6-22-20(9-16)25(13-34-24(30)33-25)21-10-17(5-7-23(21)35-22)18-11-31-14-32-12-18/h1-12,14H,13H2,(H2,30,33)/t25-/m1/s1. The lowest BCUT2D eigenvalue weighted by Crippen LogP contribution is -2.31. The van der Waals surface area contributed by atoms with E-state index in [0.717, 1.165) is 28.8 Å². The van der Waals surface area contributed by atoms with E-state index >= 15 is 0 Å². The van der Waals surface area contributed by atoms with Crippen molar-refractivity contribution < 1.29 is 22.6 Å². The van der Waals surface area contributed by atoms with Gasteiger partial charge < -0.3 is 15.2 Å². The minimum Gasteiger partial charge on any atom is -0.462 e. The van der Waals surface area contributed by atoms with E-state index in [0.29, 0.717) is 28.2 Å². The van der Waals surface area contributed by atoms with Crippen LogP contribution in [-0.4, -0.2) is 22.6 Å². The van der Waals surface area contributed by atoms with E-state index in [1.807, 2.05) is 18.2 Å². The van der Waals surface area contributed by atoms with Crippen LogP contribution in [0, 0.1) is 0 Å². The molecule has 0 saturated carbocycles. The minimum atomic E-state index is -4.44. The quantitative estimate of drug-likeness (QED) is 0.414. The number of halogens is 3. The van der Waals surface area contributed by atoms with Crippen molar-refractivity contribution in [2.45, 2.75) is 11.7 Å². The van der Waals surface area contributed by atoms with E-state index in [2.05, 4.69) is 15.0 Å². The highest BCUT2D eigenvalue weighted by atomic mass is 19.4. The molecule has 0 unspecified atom stereocenters. The predicted molar refractivity (Wildman–Crippen MR) is 123 cm³/mol. The third-order valence-corrected chi connectivity index (χ3v) is 6.22. The first-order valence-electron chi connectivity index (χ1n) is 10.7. The van der Waals surface area contributed by atoms with Crippen LogP contribution < -0.4 is 10.5 Å². The number of nitrogens with zero attached hydrogens (tertiary/aromatic N) is 3. The highest BCUT2D eigenvalue weighted by Gasteiger charge is 2.47. The zero-order valence-corrected chi connectivity index (χ0v) is 18.1. The molecule has 2 aliphatic rings. The molecule has 0 aliphatic carbocycles. The van der Waals surface area contributed by atoms with Crippen molar-refractivity contribution in [3.05, 3.63) is 96.1 Å². The Bertz CT molecular complexity index is 1490. The van der Waals surface area contributed by atoms with Crippen molar-refractivity contribution in [3.8, 4) is 33.8 Å². The molecule has 9 heteroatoms. The third-order valence-electron chi connectivity index (χ3n) is 6.22. The van der Waals surface area contributed by atoms with Gasteiger partial charge in [-0.25, -0.2) is 15.0 Å². The summed E-state index contributed by atoms with van der Waals surface area (Å²) < 4.78 is 51.7.